The summed E-state index contributed by atoms with van der Waals surface area (Å²) in [4.78, 5) is 4.74. The van der Waals surface area contributed by atoms with Crippen molar-refractivity contribution in [1.29, 1.82) is 0 Å². The van der Waals surface area contributed by atoms with E-state index in [0.29, 0.717) is 11.0 Å². The zero-order chi connectivity index (χ0) is 7.56. The van der Waals surface area contributed by atoms with Gasteiger partial charge in [0, 0.05) is 6.42 Å². The smallest absolute Gasteiger partial charge is 0.193 e. The topological polar surface area (TPSA) is 80.2 Å². The Hall–Kier alpha value is -0.780. The van der Waals surface area contributed by atoms with Gasteiger partial charge in [-0.05, 0) is 15.9 Å². The molecule has 3 N–H and O–H groups in total. The molecule has 10 heavy (non-hydrogen) atoms. The van der Waals surface area contributed by atoms with Crippen LogP contribution in [0.1, 0.15) is 6.42 Å². The van der Waals surface area contributed by atoms with E-state index in [0.717, 1.165) is 0 Å². The molecular formula is C4H6BrN3O2. The molecular weight excluding hydrogens is 202 g/mol. The van der Waals surface area contributed by atoms with E-state index in [-0.39, 0.29) is 5.84 Å². The van der Waals surface area contributed by atoms with Gasteiger partial charge in [-0.2, -0.15) is 0 Å². The summed E-state index contributed by atoms with van der Waals surface area (Å²) < 4.78 is 0.670. The van der Waals surface area contributed by atoms with E-state index in [9.17, 15) is 0 Å². The number of hydrogen-bond acceptors (Lipinski definition) is 4. The lowest BCUT2D eigenvalue weighted by Crippen LogP contribution is -2.28. The van der Waals surface area contributed by atoms with E-state index in [2.05, 4.69) is 26.2 Å². The number of hydrogen-bond donors (Lipinski definition) is 2. The highest BCUT2D eigenvalue weighted by molar-refractivity contribution is 9.18. The van der Waals surface area contributed by atoms with Gasteiger partial charge in [0.25, 0.3) is 0 Å². The first kappa shape index (κ1) is 7.33. The van der Waals surface area contributed by atoms with Crippen molar-refractivity contribution >= 4 is 26.4 Å². The molecule has 6 heteroatoms. The normalized spacial score (nSPS) is 25.9. The number of amidine groups is 1. The third-order valence-corrected chi connectivity index (χ3v) is 1.55. The number of rotatable bonds is 1. The number of halogens is 1. The second-order valence-corrected chi connectivity index (χ2v) is 2.71. The van der Waals surface area contributed by atoms with Crippen molar-refractivity contribution in [3.05, 3.63) is 0 Å². The lowest BCUT2D eigenvalue weighted by molar-refractivity contribution is 0.128. The van der Waals surface area contributed by atoms with Gasteiger partial charge in [0.05, 0.1) is 0 Å². The van der Waals surface area contributed by atoms with E-state index < -0.39 is 6.10 Å². The van der Waals surface area contributed by atoms with Crippen molar-refractivity contribution < 1.29 is 10.0 Å². The lowest BCUT2D eigenvalue weighted by Gasteiger charge is -2.02. The minimum Gasteiger partial charge on any atom is -0.409 e. The maximum Gasteiger partial charge on any atom is 0.193 e. The van der Waals surface area contributed by atoms with Gasteiger partial charge in [0.1, 0.15) is 4.62 Å². The highest BCUT2D eigenvalue weighted by Gasteiger charge is 2.23. The van der Waals surface area contributed by atoms with Crippen LogP contribution < -0.4 is 5.73 Å². The van der Waals surface area contributed by atoms with E-state index >= 15 is 0 Å². The predicted molar refractivity (Wildman–Crippen MR) is 39.3 cm³/mol. The monoisotopic (exact) mass is 207 g/mol. The minimum absolute atomic E-state index is 0.0400. The molecule has 0 saturated heterocycles. The van der Waals surface area contributed by atoms with Crippen molar-refractivity contribution in [3.8, 4) is 0 Å². The fourth-order valence-electron chi connectivity index (χ4n) is 0.571. The van der Waals surface area contributed by atoms with Gasteiger partial charge in [0.2, 0.25) is 0 Å². The summed E-state index contributed by atoms with van der Waals surface area (Å²) in [6.07, 6.45) is 0.106. The van der Waals surface area contributed by atoms with Gasteiger partial charge >= 0.3 is 0 Å². The van der Waals surface area contributed by atoms with E-state index in [1.807, 2.05) is 0 Å². The molecule has 1 aliphatic heterocycles. The number of oxime groups is 2. The second kappa shape index (κ2) is 2.87. The molecule has 0 fully saturated rings. The van der Waals surface area contributed by atoms with Crippen LogP contribution >= 0.6 is 15.9 Å². The molecule has 0 saturated carbocycles. The zero-order valence-corrected chi connectivity index (χ0v) is 6.58. The fourth-order valence-corrected chi connectivity index (χ4v) is 0.949. The van der Waals surface area contributed by atoms with Crippen LogP contribution in [0.4, 0.5) is 0 Å². The molecule has 0 aromatic rings. The quantitative estimate of drug-likeness (QED) is 0.280. The molecule has 0 amide bonds. The first-order valence-electron chi connectivity index (χ1n) is 2.59. The van der Waals surface area contributed by atoms with Crippen molar-refractivity contribution in [3.63, 3.8) is 0 Å². The van der Waals surface area contributed by atoms with Gasteiger partial charge in [-0.1, -0.05) is 10.3 Å². The molecule has 1 atom stereocenters. The summed E-state index contributed by atoms with van der Waals surface area (Å²) >= 11 is 3.11. The summed E-state index contributed by atoms with van der Waals surface area (Å²) in [6.45, 7) is 0. The van der Waals surface area contributed by atoms with Gasteiger partial charge in [-0.25, -0.2) is 0 Å². The van der Waals surface area contributed by atoms with E-state index in [1.54, 1.807) is 0 Å². The summed E-state index contributed by atoms with van der Waals surface area (Å²) in [6, 6.07) is 0. The van der Waals surface area contributed by atoms with Crippen molar-refractivity contribution in [2.75, 3.05) is 0 Å². The third-order valence-electron chi connectivity index (χ3n) is 1.08. The first-order chi connectivity index (χ1) is 4.74. The Morgan fingerprint density at radius 3 is 3.10 bits per heavy atom. The van der Waals surface area contributed by atoms with Crippen molar-refractivity contribution in [2.45, 2.75) is 12.5 Å². The maximum absolute atomic E-state index is 8.20. The largest absolute Gasteiger partial charge is 0.409 e. The lowest BCUT2D eigenvalue weighted by atomic mass is 10.3. The number of nitrogens with zero attached hydrogens (tertiary/aromatic N) is 2. The Morgan fingerprint density at radius 1 is 2.00 bits per heavy atom. The molecule has 1 aliphatic rings. The predicted octanol–water partition coefficient (Wildman–Crippen LogP) is 0.230. The summed E-state index contributed by atoms with van der Waals surface area (Å²) in [7, 11) is 0. The summed E-state index contributed by atoms with van der Waals surface area (Å²) in [5.74, 6) is 0.0400. The second-order valence-electron chi connectivity index (χ2n) is 1.79. The summed E-state index contributed by atoms with van der Waals surface area (Å²) in [5.41, 5.74) is 5.22. The molecule has 0 aromatic heterocycles. The van der Waals surface area contributed by atoms with Crippen molar-refractivity contribution in [1.82, 2.24) is 0 Å². The molecule has 0 spiro atoms. The average Bonchev–Trinajstić information content (AvgIpc) is 2.34. The highest BCUT2D eigenvalue weighted by atomic mass is 79.9. The standard InChI is InChI=1S/C4H6BrN3O2/c5-3-1-2(10-8-3)4(6)7-9/h2,9H,1H2,(H2,6,7). The third kappa shape index (κ3) is 1.38. The van der Waals surface area contributed by atoms with Crippen LogP contribution in [0.5, 0.6) is 0 Å². The van der Waals surface area contributed by atoms with Gasteiger partial charge < -0.3 is 15.8 Å². The highest BCUT2D eigenvalue weighted by Crippen LogP contribution is 2.13. The first-order valence-corrected chi connectivity index (χ1v) is 3.39. The Labute approximate surface area is 65.6 Å². The molecule has 0 aliphatic carbocycles. The maximum atomic E-state index is 8.20. The molecule has 1 rings (SSSR count). The van der Waals surface area contributed by atoms with Crippen LogP contribution in [0.3, 0.4) is 0 Å². The fraction of sp³-hybridized carbons (Fsp3) is 0.500. The van der Waals surface area contributed by atoms with Gasteiger partial charge in [-0.3, -0.25) is 0 Å². The molecule has 0 aromatic carbocycles. The SMILES string of the molecule is N/C(=N\O)C1CC(Br)=NO1. The van der Waals surface area contributed by atoms with Crippen LogP contribution in [-0.4, -0.2) is 21.8 Å². The zero-order valence-electron chi connectivity index (χ0n) is 4.99. The van der Waals surface area contributed by atoms with Crippen LogP contribution in [0.2, 0.25) is 0 Å². The van der Waals surface area contributed by atoms with Gasteiger partial charge in [-0.15, -0.1) is 0 Å². The number of nitrogens with two attached hydrogens (primary N) is 1. The van der Waals surface area contributed by atoms with Crippen LogP contribution in [-0.2, 0) is 4.84 Å². The molecule has 1 heterocycles. The molecule has 0 radical (unpaired) electrons. The van der Waals surface area contributed by atoms with E-state index in [1.165, 1.54) is 0 Å². The van der Waals surface area contributed by atoms with Crippen LogP contribution in [0.25, 0.3) is 0 Å². The Bertz CT molecular complexity index is 191. The van der Waals surface area contributed by atoms with E-state index in [4.69, 9.17) is 15.8 Å². The Kier molecular flexibility index (Phi) is 2.10. The van der Waals surface area contributed by atoms with Crippen LogP contribution in [0.15, 0.2) is 10.3 Å². The Morgan fingerprint density at radius 2 is 2.70 bits per heavy atom. The molecule has 1 unspecified atom stereocenters. The minimum atomic E-state index is -0.417. The summed E-state index contributed by atoms with van der Waals surface area (Å²) in [5, 5.41) is 14.5. The molecule has 5 nitrogen and oxygen atoms in total. The average molecular weight is 208 g/mol. The Balaban J connectivity index is 2.50. The molecule has 56 valence electrons. The van der Waals surface area contributed by atoms with Crippen LogP contribution in [0, 0.1) is 0 Å². The molecule has 0 bridgehead atoms. The van der Waals surface area contributed by atoms with Crippen molar-refractivity contribution in [2.24, 2.45) is 16.0 Å². The van der Waals surface area contributed by atoms with Gasteiger partial charge in [0.15, 0.2) is 11.9 Å².